The number of carbonyl (C=O) groups is 1. The molecule has 1 fully saturated rings. The van der Waals surface area contributed by atoms with E-state index in [0.29, 0.717) is 30.5 Å². The van der Waals surface area contributed by atoms with Gasteiger partial charge < -0.3 is 19.1 Å². The van der Waals surface area contributed by atoms with Crippen molar-refractivity contribution in [2.45, 2.75) is 38.6 Å². The van der Waals surface area contributed by atoms with E-state index in [0.717, 1.165) is 12.1 Å². The summed E-state index contributed by atoms with van der Waals surface area (Å²) in [5.41, 5.74) is 0.837. The van der Waals surface area contributed by atoms with E-state index in [-0.39, 0.29) is 18.1 Å². The minimum Gasteiger partial charge on any atom is -0.482 e. The second-order valence-electron chi connectivity index (χ2n) is 6.63. The molecule has 3 unspecified atom stereocenters. The minimum absolute atomic E-state index is 0.0758. The largest absolute Gasteiger partial charge is 0.482 e. The molecule has 0 spiro atoms. The average molecular weight is 355 g/mol. The van der Waals surface area contributed by atoms with E-state index >= 15 is 0 Å². The van der Waals surface area contributed by atoms with Crippen molar-refractivity contribution in [1.29, 1.82) is 0 Å². The van der Waals surface area contributed by atoms with Crippen molar-refractivity contribution in [3.05, 3.63) is 42.1 Å². The third-order valence-electron chi connectivity index (χ3n) is 4.60. The van der Waals surface area contributed by atoms with Crippen molar-refractivity contribution in [3.63, 3.8) is 0 Å². The maximum atomic E-state index is 12.9. The van der Waals surface area contributed by atoms with E-state index in [2.05, 4.69) is 10.2 Å². The number of hydrogen-bond donors (Lipinski definition) is 0. The van der Waals surface area contributed by atoms with Gasteiger partial charge in [-0.15, -0.1) is 5.10 Å². The van der Waals surface area contributed by atoms with E-state index in [1.54, 1.807) is 11.0 Å². The average Bonchev–Trinajstić information content (AvgIpc) is 3.11. The number of likely N-dealkylation sites (tertiary alicyclic amines) is 1. The summed E-state index contributed by atoms with van der Waals surface area (Å²) in [5.74, 6) is 1.68. The molecule has 0 N–H and O–H groups in total. The zero-order valence-corrected chi connectivity index (χ0v) is 14.8. The quantitative estimate of drug-likeness (QED) is 0.838. The van der Waals surface area contributed by atoms with Crippen LogP contribution in [0, 0.1) is 6.92 Å². The van der Waals surface area contributed by atoms with Gasteiger partial charge in [0, 0.05) is 19.0 Å². The summed E-state index contributed by atoms with van der Waals surface area (Å²) >= 11 is 0. The van der Waals surface area contributed by atoms with Crippen LogP contribution in [0.1, 0.15) is 19.0 Å². The molecule has 0 radical (unpaired) electrons. The third-order valence-corrected chi connectivity index (χ3v) is 4.60. The lowest BCUT2D eigenvalue weighted by atomic mass is 10.1. The first-order chi connectivity index (χ1) is 12.6. The summed E-state index contributed by atoms with van der Waals surface area (Å²) in [5, 5.41) is 8.01. The van der Waals surface area contributed by atoms with E-state index < -0.39 is 6.10 Å². The van der Waals surface area contributed by atoms with Crippen molar-refractivity contribution in [2.75, 3.05) is 13.1 Å². The van der Waals surface area contributed by atoms with Crippen molar-refractivity contribution in [2.24, 2.45) is 0 Å². The Bertz CT molecular complexity index is 796. The Morgan fingerprint density at radius 3 is 2.65 bits per heavy atom. The molecule has 2 aliphatic heterocycles. The second kappa shape index (κ2) is 6.82. The zero-order chi connectivity index (χ0) is 18.1. The molecule has 7 heteroatoms. The standard InChI is InChI=1S/C19H21N3O4/c1-12-7-8-17(21-20-12)25-14-9-10-22(11-14)19(23)18-13(2)24-15-5-3-4-6-16(15)26-18/h3-8,13-14,18H,9-11H2,1-2H3. The topological polar surface area (TPSA) is 73.8 Å². The van der Waals surface area contributed by atoms with Crippen LogP contribution in [0.4, 0.5) is 0 Å². The van der Waals surface area contributed by atoms with E-state index in [9.17, 15) is 4.79 Å². The predicted octanol–water partition coefficient (Wildman–Crippen LogP) is 1.99. The molecule has 4 rings (SSSR count). The molecule has 1 amide bonds. The fraction of sp³-hybridized carbons (Fsp3) is 0.421. The van der Waals surface area contributed by atoms with Gasteiger partial charge in [-0.25, -0.2) is 0 Å². The van der Waals surface area contributed by atoms with E-state index in [1.807, 2.05) is 44.2 Å². The highest BCUT2D eigenvalue weighted by molar-refractivity contribution is 5.82. The summed E-state index contributed by atoms with van der Waals surface area (Å²) in [4.78, 5) is 14.7. The number of aromatic nitrogens is 2. The second-order valence-corrected chi connectivity index (χ2v) is 6.63. The number of hydrogen-bond acceptors (Lipinski definition) is 6. The van der Waals surface area contributed by atoms with Gasteiger partial charge in [0.05, 0.1) is 12.2 Å². The predicted molar refractivity (Wildman–Crippen MR) is 93.3 cm³/mol. The Labute approximate surface area is 151 Å². The highest BCUT2D eigenvalue weighted by Gasteiger charge is 2.39. The first-order valence-corrected chi connectivity index (χ1v) is 8.78. The van der Waals surface area contributed by atoms with Crippen molar-refractivity contribution >= 4 is 5.91 Å². The molecule has 1 aromatic carbocycles. The zero-order valence-electron chi connectivity index (χ0n) is 14.8. The summed E-state index contributed by atoms with van der Waals surface area (Å²) in [7, 11) is 0. The fourth-order valence-corrected chi connectivity index (χ4v) is 3.22. The van der Waals surface area contributed by atoms with Gasteiger partial charge in [-0.2, -0.15) is 5.10 Å². The van der Waals surface area contributed by atoms with Gasteiger partial charge in [0.25, 0.3) is 5.91 Å². The lowest BCUT2D eigenvalue weighted by molar-refractivity contribution is -0.143. The molecule has 1 saturated heterocycles. The van der Waals surface area contributed by atoms with Gasteiger partial charge in [0.15, 0.2) is 11.5 Å². The Morgan fingerprint density at radius 1 is 1.15 bits per heavy atom. The Morgan fingerprint density at radius 2 is 1.92 bits per heavy atom. The summed E-state index contributed by atoms with van der Waals surface area (Å²) in [6.07, 6.45) is -0.342. The van der Waals surface area contributed by atoms with Crippen LogP contribution in [0.25, 0.3) is 0 Å². The van der Waals surface area contributed by atoms with Gasteiger partial charge in [0.2, 0.25) is 12.0 Å². The van der Waals surface area contributed by atoms with Crippen LogP contribution in [0.2, 0.25) is 0 Å². The molecule has 26 heavy (non-hydrogen) atoms. The molecule has 0 bridgehead atoms. The fourth-order valence-electron chi connectivity index (χ4n) is 3.22. The number of carbonyl (C=O) groups excluding carboxylic acids is 1. The molecule has 0 saturated carbocycles. The van der Waals surface area contributed by atoms with Crippen LogP contribution in [-0.4, -0.2) is 52.4 Å². The molecular formula is C19H21N3O4. The maximum absolute atomic E-state index is 12.9. The van der Waals surface area contributed by atoms with Crippen LogP contribution >= 0.6 is 0 Å². The van der Waals surface area contributed by atoms with Crippen LogP contribution in [0.3, 0.4) is 0 Å². The number of ether oxygens (including phenoxy) is 3. The molecule has 136 valence electrons. The smallest absolute Gasteiger partial charge is 0.267 e. The van der Waals surface area contributed by atoms with Crippen LogP contribution in [0.5, 0.6) is 17.4 Å². The van der Waals surface area contributed by atoms with Crippen molar-refractivity contribution in [1.82, 2.24) is 15.1 Å². The SMILES string of the molecule is Cc1ccc(OC2CCN(C(=O)C3Oc4ccccc4OC3C)C2)nn1. The van der Waals surface area contributed by atoms with Crippen LogP contribution in [0.15, 0.2) is 36.4 Å². The number of para-hydroxylation sites is 2. The van der Waals surface area contributed by atoms with E-state index in [1.165, 1.54) is 0 Å². The molecule has 1 aromatic heterocycles. The third kappa shape index (κ3) is 3.29. The number of fused-ring (bicyclic) bond motifs is 1. The molecule has 2 aromatic rings. The lowest BCUT2D eigenvalue weighted by Gasteiger charge is -2.33. The molecule has 2 aliphatic rings. The number of rotatable bonds is 3. The van der Waals surface area contributed by atoms with E-state index in [4.69, 9.17) is 14.2 Å². The molecular weight excluding hydrogens is 334 g/mol. The monoisotopic (exact) mass is 355 g/mol. The normalized spacial score (nSPS) is 24.4. The summed E-state index contributed by atoms with van der Waals surface area (Å²) in [6.45, 7) is 4.85. The van der Waals surface area contributed by atoms with Crippen LogP contribution in [-0.2, 0) is 4.79 Å². The summed E-state index contributed by atoms with van der Waals surface area (Å²) in [6, 6.07) is 11.0. The lowest BCUT2D eigenvalue weighted by Crippen LogP contribution is -2.50. The van der Waals surface area contributed by atoms with Crippen LogP contribution < -0.4 is 14.2 Å². The van der Waals surface area contributed by atoms with Gasteiger partial charge in [-0.1, -0.05) is 12.1 Å². The first-order valence-electron chi connectivity index (χ1n) is 8.78. The van der Waals surface area contributed by atoms with Gasteiger partial charge in [0.1, 0.15) is 12.2 Å². The number of nitrogens with zero attached hydrogens (tertiary/aromatic N) is 3. The highest BCUT2D eigenvalue weighted by atomic mass is 16.6. The first kappa shape index (κ1) is 16.6. The van der Waals surface area contributed by atoms with Gasteiger partial charge >= 0.3 is 0 Å². The Hall–Kier alpha value is -2.83. The van der Waals surface area contributed by atoms with Gasteiger partial charge in [-0.3, -0.25) is 4.79 Å². The van der Waals surface area contributed by atoms with Crippen molar-refractivity contribution in [3.8, 4) is 17.4 Å². The molecule has 0 aliphatic carbocycles. The van der Waals surface area contributed by atoms with Crippen molar-refractivity contribution < 1.29 is 19.0 Å². The Balaban J connectivity index is 1.39. The summed E-state index contributed by atoms with van der Waals surface area (Å²) < 4.78 is 17.6. The number of aryl methyl sites for hydroxylation is 1. The number of benzene rings is 1. The minimum atomic E-state index is -0.650. The van der Waals surface area contributed by atoms with Gasteiger partial charge in [-0.05, 0) is 32.0 Å². The Kier molecular flexibility index (Phi) is 4.36. The maximum Gasteiger partial charge on any atom is 0.267 e. The molecule has 7 nitrogen and oxygen atoms in total. The number of amides is 1. The highest BCUT2D eigenvalue weighted by Crippen LogP contribution is 2.34. The molecule has 3 heterocycles. The molecule has 3 atom stereocenters.